The van der Waals surface area contributed by atoms with Crippen LogP contribution in [0.15, 0.2) is 17.6 Å². The molecule has 0 bridgehead atoms. The van der Waals surface area contributed by atoms with E-state index < -0.39 is 0 Å². The van der Waals surface area contributed by atoms with Gasteiger partial charge in [0.05, 0.1) is 21.6 Å². The second-order valence-corrected chi connectivity index (χ2v) is 6.19. The summed E-state index contributed by atoms with van der Waals surface area (Å²) in [6.07, 6.45) is 1.22. The Kier molecular flexibility index (Phi) is 3.81. The van der Waals surface area contributed by atoms with E-state index in [1.165, 1.54) is 11.1 Å². The van der Waals surface area contributed by atoms with Crippen LogP contribution in [0.3, 0.4) is 0 Å². The first-order chi connectivity index (χ1) is 9.74. The summed E-state index contributed by atoms with van der Waals surface area (Å²) in [6.45, 7) is 8.87. The fourth-order valence-corrected chi connectivity index (χ4v) is 3.91. The van der Waals surface area contributed by atoms with Gasteiger partial charge in [-0.2, -0.15) is 0 Å². The topological polar surface area (TPSA) is 45.4 Å². The highest BCUT2D eigenvalue weighted by Gasteiger charge is 2.27. The number of hydrogen-bond donors (Lipinski definition) is 1. The minimum absolute atomic E-state index is 0.649. The molecule has 2 N–H and O–H groups in total. The molecule has 1 fully saturated rings. The molecule has 108 valence electrons. The van der Waals surface area contributed by atoms with Crippen LogP contribution in [0.25, 0.3) is 10.2 Å². The van der Waals surface area contributed by atoms with Gasteiger partial charge in [0.2, 0.25) is 0 Å². The van der Waals surface area contributed by atoms with Crippen LogP contribution < -0.4 is 10.6 Å². The molecule has 4 nitrogen and oxygen atoms in total. The van der Waals surface area contributed by atoms with Crippen molar-refractivity contribution in [2.45, 2.75) is 26.3 Å². The second kappa shape index (κ2) is 5.58. The monoisotopic (exact) mass is 290 g/mol. The standard InChI is InChI=1S/C15H22N4S/c1-3-18(4-2)11-7-8-19(9-11)12-5-6-13-15(14(12)16)17-10-20-13/h5-6,10-11H,3-4,7-9,16H2,1-2H3. The number of fused-ring (bicyclic) bond motifs is 1. The van der Waals surface area contributed by atoms with Gasteiger partial charge in [-0.15, -0.1) is 11.3 Å². The van der Waals surface area contributed by atoms with Crippen molar-refractivity contribution in [1.29, 1.82) is 0 Å². The third kappa shape index (κ3) is 2.25. The Morgan fingerprint density at radius 1 is 1.40 bits per heavy atom. The first-order valence-corrected chi connectivity index (χ1v) is 8.23. The fourth-order valence-electron chi connectivity index (χ4n) is 3.22. The predicted molar refractivity (Wildman–Crippen MR) is 87.6 cm³/mol. The summed E-state index contributed by atoms with van der Waals surface area (Å²) in [7, 11) is 0. The van der Waals surface area contributed by atoms with Crippen molar-refractivity contribution < 1.29 is 0 Å². The molecule has 5 heteroatoms. The summed E-state index contributed by atoms with van der Waals surface area (Å²) < 4.78 is 1.17. The van der Waals surface area contributed by atoms with Gasteiger partial charge in [0.15, 0.2) is 0 Å². The Labute approximate surface area is 124 Å². The van der Waals surface area contributed by atoms with E-state index in [2.05, 4.69) is 40.8 Å². The van der Waals surface area contributed by atoms with Crippen molar-refractivity contribution in [3.8, 4) is 0 Å². The van der Waals surface area contributed by atoms with Crippen LogP contribution in [-0.2, 0) is 0 Å². The highest BCUT2D eigenvalue weighted by atomic mass is 32.1. The highest BCUT2D eigenvalue weighted by Crippen LogP contribution is 2.34. The zero-order valence-electron chi connectivity index (χ0n) is 12.2. The number of nitrogens with two attached hydrogens (primary N) is 1. The second-order valence-electron chi connectivity index (χ2n) is 5.31. The van der Waals surface area contributed by atoms with Crippen LogP contribution in [-0.4, -0.2) is 42.1 Å². The Balaban J connectivity index is 1.84. The molecule has 1 aromatic carbocycles. The van der Waals surface area contributed by atoms with E-state index in [4.69, 9.17) is 5.73 Å². The molecule has 0 saturated carbocycles. The first-order valence-electron chi connectivity index (χ1n) is 7.35. The van der Waals surface area contributed by atoms with Gasteiger partial charge < -0.3 is 10.6 Å². The molecule has 1 aliphatic rings. The maximum Gasteiger partial charge on any atom is 0.106 e. The number of rotatable bonds is 4. The van der Waals surface area contributed by atoms with Crippen LogP contribution in [0.5, 0.6) is 0 Å². The molecule has 1 saturated heterocycles. The van der Waals surface area contributed by atoms with Crippen LogP contribution in [0.1, 0.15) is 20.3 Å². The molecule has 0 aliphatic carbocycles. The zero-order chi connectivity index (χ0) is 14.1. The fraction of sp³-hybridized carbons (Fsp3) is 0.533. The Morgan fingerprint density at radius 2 is 2.20 bits per heavy atom. The van der Waals surface area contributed by atoms with E-state index in [1.807, 2.05) is 5.51 Å². The first kappa shape index (κ1) is 13.6. The molecule has 1 unspecified atom stereocenters. The maximum atomic E-state index is 6.32. The van der Waals surface area contributed by atoms with Gasteiger partial charge in [0.25, 0.3) is 0 Å². The number of benzene rings is 1. The van der Waals surface area contributed by atoms with E-state index in [0.717, 1.165) is 43.1 Å². The summed E-state index contributed by atoms with van der Waals surface area (Å²) in [5.41, 5.74) is 11.1. The lowest BCUT2D eigenvalue weighted by Crippen LogP contribution is -2.37. The number of aromatic nitrogens is 1. The van der Waals surface area contributed by atoms with Crippen molar-refractivity contribution in [1.82, 2.24) is 9.88 Å². The van der Waals surface area contributed by atoms with Crippen LogP contribution in [0, 0.1) is 0 Å². The van der Waals surface area contributed by atoms with Crippen LogP contribution in [0.4, 0.5) is 11.4 Å². The Morgan fingerprint density at radius 3 is 2.95 bits per heavy atom. The number of anilines is 2. The van der Waals surface area contributed by atoms with E-state index >= 15 is 0 Å². The van der Waals surface area contributed by atoms with Gasteiger partial charge in [-0.3, -0.25) is 4.90 Å². The van der Waals surface area contributed by atoms with Gasteiger partial charge in [-0.05, 0) is 31.6 Å². The lowest BCUT2D eigenvalue weighted by atomic mass is 10.2. The summed E-state index contributed by atoms with van der Waals surface area (Å²) in [5, 5.41) is 0. The van der Waals surface area contributed by atoms with Gasteiger partial charge >= 0.3 is 0 Å². The zero-order valence-corrected chi connectivity index (χ0v) is 13.0. The normalized spacial score (nSPS) is 19.4. The molecule has 3 rings (SSSR count). The van der Waals surface area contributed by atoms with Crippen molar-refractivity contribution >= 4 is 32.9 Å². The summed E-state index contributed by atoms with van der Waals surface area (Å²) in [5.74, 6) is 0. The van der Waals surface area contributed by atoms with E-state index in [0.29, 0.717) is 6.04 Å². The maximum absolute atomic E-state index is 6.32. The van der Waals surface area contributed by atoms with Gasteiger partial charge in [0.1, 0.15) is 5.52 Å². The number of likely N-dealkylation sites (N-methyl/N-ethyl adjacent to an activating group) is 1. The van der Waals surface area contributed by atoms with Crippen LogP contribution in [0.2, 0.25) is 0 Å². The van der Waals surface area contributed by atoms with Crippen molar-refractivity contribution in [2.75, 3.05) is 36.8 Å². The predicted octanol–water partition coefficient (Wildman–Crippen LogP) is 2.80. The smallest absolute Gasteiger partial charge is 0.106 e. The largest absolute Gasteiger partial charge is 0.395 e. The lowest BCUT2D eigenvalue weighted by Gasteiger charge is -2.27. The summed E-state index contributed by atoms with van der Waals surface area (Å²) >= 11 is 1.65. The van der Waals surface area contributed by atoms with E-state index in [1.54, 1.807) is 11.3 Å². The highest BCUT2D eigenvalue weighted by molar-refractivity contribution is 7.16. The van der Waals surface area contributed by atoms with E-state index in [9.17, 15) is 0 Å². The molecule has 1 aromatic heterocycles. The summed E-state index contributed by atoms with van der Waals surface area (Å²) in [6, 6.07) is 4.94. The number of hydrogen-bond acceptors (Lipinski definition) is 5. The van der Waals surface area contributed by atoms with Crippen LogP contribution >= 0.6 is 11.3 Å². The molecule has 20 heavy (non-hydrogen) atoms. The van der Waals surface area contributed by atoms with Crippen molar-refractivity contribution in [2.24, 2.45) is 0 Å². The average molecular weight is 290 g/mol. The number of nitrogens with zero attached hydrogens (tertiary/aromatic N) is 3. The number of nitrogen functional groups attached to an aromatic ring is 1. The molecular formula is C15H22N4S. The van der Waals surface area contributed by atoms with Gasteiger partial charge in [0, 0.05) is 19.1 Å². The van der Waals surface area contributed by atoms with Crippen molar-refractivity contribution in [3.05, 3.63) is 17.6 Å². The molecular weight excluding hydrogens is 268 g/mol. The minimum atomic E-state index is 0.649. The quantitative estimate of drug-likeness (QED) is 0.880. The van der Waals surface area contributed by atoms with Gasteiger partial charge in [-0.25, -0.2) is 4.98 Å². The Bertz CT molecular complexity index is 591. The van der Waals surface area contributed by atoms with E-state index in [-0.39, 0.29) is 0 Å². The average Bonchev–Trinajstić information content (AvgIpc) is 3.10. The minimum Gasteiger partial charge on any atom is -0.395 e. The molecule has 0 spiro atoms. The third-order valence-electron chi connectivity index (χ3n) is 4.35. The SMILES string of the molecule is CCN(CC)C1CCN(c2ccc3scnc3c2N)C1. The molecule has 0 radical (unpaired) electrons. The molecule has 1 atom stereocenters. The molecule has 0 amide bonds. The van der Waals surface area contributed by atoms with Crippen molar-refractivity contribution in [3.63, 3.8) is 0 Å². The third-order valence-corrected chi connectivity index (χ3v) is 5.15. The molecule has 1 aliphatic heterocycles. The lowest BCUT2D eigenvalue weighted by molar-refractivity contribution is 0.232. The Hall–Kier alpha value is -1.33. The number of thiazole rings is 1. The summed E-state index contributed by atoms with van der Waals surface area (Å²) in [4.78, 5) is 9.35. The molecule has 2 heterocycles. The molecule has 2 aromatic rings. The van der Waals surface area contributed by atoms with Gasteiger partial charge in [-0.1, -0.05) is 13.8 Å².